The number of ether oxygens (including phenoxy) is 1. The molecule has 130 valence electrons. The fraction of sp³-hybridized carbons (Fsp3) is 0.905. The molecular weight excluding hydrogens is 284 g/mol. The third-order valence-corrected chi connectivity index (χ3v) is 7.79. The molecule has 2 nitrogen and oxygen atoms in total. The molecule has 0 spiro atoms. The molecule has 6 atom stereocenters. The van der Waals surface area contributed by atoms with Crippen molar-refractivity contribution in [3.05, 3.63) is 0 Å². The highest BCUT2D eigenvalue weighted by Gasteiger charge is 2.61. The van der Waals surface area contributed by atoms with Gasteiger partial charge in [0.05, 0.1) is 12.7 Å². The van der Waals surface area contributed by atoms with Crippen LogP contribution in [0.4, 0.5) is 0 Å². The summed E-state index contributed by atoms with van der Waals surface area (Å²) in [6.45, 7) is 10.1. The predicted octanol–water partition coefficient (Wildman–Crippen LogP) is 4.55. The largest absolute Gasteiger partial charge is 0.393 e. The van der Waals surface area contributed by atoms with E-state index in [1.165, 1.54) is 25.7 Å². The average Bonchev–Trinajstić information content (AvgIpc) is 3.23. The lowest BCUT2D eigenvalue weighted by atomic mass is 9.52. The van der Waals surface area contributed by atoms with Crippen LogP contribution in [0.25, 0.3) is 0 Å². The second-order valence-corrected chi connectivity index (χ2v) is 8.60. The molecule has 0 aromatic heterocycles. The Bertz CT molecular complexity index is 498. The van der Waals surface area contributed by atoms with Crippen LogP contribution in [0.15, 0.2) is 0 Å². The minimum absolute atomic E-state index is 0.0993. The summed E-state index contributed by atoms with van der Waals surface area (Å²) in [4.78, 5) is 0. The van der Waals surface area contributed by atoms with Crippen molar-refractivity contribution in [1.29, 1.82) is 0 Å². The number of aliphatic hydroxyl groups excluding tert-OH is 1. The summed E-state index contributed by atoms with van der Waals surface area (Å²) >= 11 is 0. The van der Waals surface area contributed by atoms with E-state index in [1.54, 1.807) is 0 Å². The summed E-state index contributed by atoms with van der Waals surface area (Å²) in [5, 5.41) is 10.8. The maximum absolute atomic E-state index is 10.8. The predicted molar refractivity (Wildman–Crippen MR) is 93.9 cm³/mol. The SMILES string of the molecule is CCC1(C#CC[C@@H](C)[C@H]2CCC3(CC)C(O)CCC[C@]23C)CO1. The van der Waals surface area contributed by atoms with Crippen molar-refractivity contribution in [2.24, 2.45) is 22.7 Å². The Balaban J connectivity index is 1.73. The fourth-order valence-electron chi connectivity index (χ4n) is 6.00. The molecule has 3 fully saturated rings. The maximum Gasteiger partial charge on any atom is 0.151 e. The van der Waals surface area contributed by atoms with E-state index in [0.29, 0.717) is 17.3 Å². The quantitative estimate of drug-likeness (QED) is 0.609. The van der Waals surface area contributed by atoms with Crippen molar-refractivity contribution in [3.8, 4) is 11.8 Å². The normalized spacial score (nSPS) is 46.7. The number of aliphatic hydroxyl groups is 1. The standard InChI is InChI=1S/C21H34O2/c1-5-20(15-23-20)13-7-9-16(3)17-11-14-21(6-2)18(22)10-8-12-19(17,21)4/h16-18,22H,5-6,8-12,14-15H2,1-4H3/t16-,17-,18?,19-,20?,21?/m1/s1. The van der Waals surface area contributed by atoms with Gasteiger partial charge in [-0.05, 0) is 55.8 Å². The molecule has 0 bridgehead atoms. The van der Waals surface area contributed by atoms with E-state index in [2.05, 4.69) is 39.5 Å². The molecule has 2 heteroatoms. The first-order chi connectivity index (χ1) is 10.9. The van der Waals surface area contributed by atoms with Crippen LogP contribution in [0.3, 0.4) is 0 Å². The van der Waals surface area contributed by atoms with E-state index in [-0.39, 0.29) is 17.1 Å². The van der Waals surface area contributed by atoms with Crippen LogP contribution in [0, 0.1) is 34.5 Å². The lowest BCUT2D eigenvalue weighted by Crippen LogP contribution is -2.50. The molecular formula is C21H34O2. The Morgan fingerprint density at radius 3 is 2.57 bits per heavy atom. The Labute approximate surface area is 142 Å². The van der Waals surface area contributed by atoms with Crippen LogP contribution in [0.2, 0.25) is 0 Å². The molecule has 2 aliphatic carbocycles. The topological polar surface area (TPSA) is 32.8 Å². The molecule has 1 heterocycles. The third kappa shape index (κ3) is 2.65. The van der Waals surface area contributed by atoms with Crippen LogP contribution >= 0.6 is 0 Å². The van der Waals surface area contributed by atoms with Crippen molar-refractivity contribution in [1.82, 2.24) is 0 Å². The molecule has 0 aromatic carbocycles. The fourth-order valence-corrected chi connectivity index (χ4v) is 6.00. The van der Waals surface area contributed by atoms with Gasteiger partial charge in [-0.3, -0.25) is 0 Å². The van der Waals surface area contributed by atoms with Gasteiger partial charge in [0.2, 0.25) is 0 Å². The van der Waals surface area contributed by atoms with Crippen molar-refractivity contribution in [2.45, 2.75) is 90.8 Å². The van der Waals surface area contributed by atoms with E-state index in [0.717, 1.165) is 32.3 Å². The molecule has 3 rings (SSSR count). The van der Waals surface area contributed by atoms with E-state index in [9.17, 15) is 5.11 Å². The van der Waals surface area contributed by atoms with Crippen LogP contribution in [-0.2, 0) is 4.74 Å². The Morgan fingerprint density at radius 2 is 1.96 bits per heavy atom. The zero-order valence-electron chi connectivity index (χ0n) is 15.5. The molecule has 3 unspecified atom stereocenters. The average molecular weight is 319 g/mol. The highest BCUT2D eigenvalue weighted by atomic mass is 16.6. The highest BCUT2D eigenvalue weighted by molar-refractivity contribution is 5.21. The first-order valence-corrected chi connectivity index (χ1v) is 9.75. The van der Waals surface area contributed by atoms with E-state index >= 15 is 0 Å². The summed E-state index contributed by atoms with van der Waals surface area (Å²) in [7, 11) is 0. The molecule has 2 saturated carbocycles. The van der Waals surface area contributed by atoms with Gasteiger partial charge in [-0.2, -0.15) is 0 Å². The molecule has 1 saturated heterocycles. The van der Waals surface area contributed by atoms with Crippen LogP contribution in [0.5, 0.6) is 0 Å². The number of hydrogen-bond acceptors (Lipinski definition) is 2. The summed E-state index contributed by atoms with van der Waals surface area (Å²) in [6.07, 6.45) is 8.92. The van der Waals surface area contributed by atoms with E-state index in [4.69, 9.17) is 4.74 Å². The van der Waals surface area contributed by atoms with Gasteiger partial charge in [0, 0.05) is 11.8 Å². The number of fused-ring (bicyclic) bond motifs is 1. The number of hydrogen-bond donors (Lipinski definition) is 1. The Hall–Kier alpha value is -0.520. The number of rotatable bonds is 4. The van der Waals surface area contributed by atoms with Gasteiger partial charge in [0.1, 0.15) is 0 Å². The molecule has 1 aliphatic heterocycles. The number of epoxide rings is 1. The van der Waals surface area contributed by atoms with Crippen molar-refractivity contribution in [2.75, 3.05) is 6.61 Å². The van der Waals surface area contributed by atoms with E-state index in [1.807, 2.05) is 0 Å². The molecule has 23 heavy (non-hydrogen) atoms. The summed E-state index contributed by atoms with van der Waals surface area (Å²) < 4.78 is 5.50. The Morgan fingerprint density at radius 1 is 1.22 bits per heavy atom. The third-order valence-electron chi connectivity index (χ3n) is 7.79. The first-order valence-electron chi connectivity index (χ1n) is 9.75. The zero-order chi connectivity index (χ0) is 16.7. The molecule has 3 aliphatic rings. The molecule has 0 amide bonds. The van der Waals surface area contributed by atoms with Crippen molar-refractivity contribution >= 4 is 0 Å². The molecule has 0 aromatic rings. The minimum atomic E-state index is -0.104. The van der Waals surface area contributed by atoms with Gasteiger partial charge in [-0.1, -0.05) is 46.0 Å². The van der Waals surface area contributed by atoms with Gasteiger partial charge in [-0.15, -0.1) is 0 Å². The van der Waals surface area contributed by atoms with Gasteiger partial charge >= 0.3 is 0 Å². The van der Waals surface area contributed by atoms with Gasteiger partial charge < -0.3 is 9.84 Å². The molecule has 1 N–H and O–H groups in total. The summed E-state index contributed by atoms with van der Waals surface area (Å²) in [6, 6.07) is 0. The molecule has 0 radical (unpaired) electrons. The second-order valence-electron chi connectivity index (χ2n) is 8.60. The lowest BCUT2D eigenvalue weighted by Gasteiger charge is -2.54. The summed E-state index contributed by atoms with van der Waals surface area (Å²) in [5.74, 6) is 8.11. The van der Waals surface area contributed by atoms with Crippen LogP contribution in [-0.4, -0.2) is 23.4 Å². The Kier molecular flexibility index (Phi) is 4.58. The minimum Gasteiger partial charge on any atom is -0.393 e. The van der Waals surface area contributed by atoms with E-state index < -0.39 is 0 Å². The zero-order valence-corrected chi connectivity index (χ0v) is 15.5. The maximum atomic E-state index is 10.8. The second kappa shape index (κ2) is 6.08. The summed E-state index contributed by atoms with van der Waals surface area (Å²) in [5.41, 5.74) is 0.342. The highest BCUT2D eigenvalue weighted by Crippen LogP contribution is 2.66. The monoisotopic (exact) mass is 318 g/mol. The van der Waals surface area contributed by atoms with Gasteiger partial charge in [-0.25, -0.2) is 0 Å². The van der Waals surface area contributed by atoms with Gasteiger partial charge in [0.25, 0.3) is 0 Å². The van der Waals surface area contributed by atoms with Gasteiger partial charge in [0.15, 0.2) is 5.60 Å². The van der Waals surface area contributed by atoms with Crippen molar-refractivity contribution in [3.63, 3.8) is 0 Å². The lowest BCUT2D eigenvalue weighted by molar-refractivity contribution is -0.110. The van der Waals surface area contributed by atoms with Crippen molar-refractivity contribution < 1.29 is 9.84 Å². The van der Waals surface area contributed by atoms with Crippen LogP contribution in [0.1, 0.15) is 79.1 Å². The van der Waals surface area contributed by atoms with Crippen LogP contribution < -0.4 is 0 Å². The first kappa shape index (κ1) is 17.3. The smallest absolute Gasteiger partial charge is 0.151 e.